The topological polar surface area (TPSA) is 83.7 Å². The van der Waals surface area contributed by atoms with E-state index in [0.29, 0.717) is 50.7 Å². The fourth-order valence-electron chi connectivity index (χ4n) is 2.84. The van der Waals surface area contributed by atoms with Gasteiger partial charge in [-0.25, -0.2) is 4.79 Å². The van der Waals surface area contributed by atoms with Gasteiger partial charge in [-0.2, -0.15) is 13.8 Å². The Balaban J connectivity index is 1.60. The fraction of sp³-hybridized carbons (Fsp3) is 0.471. The van der Waals surface area contributed by atoms with Crippen LogP contribution in [0.5, 0.6) is 5.75 Å². The lowest BCUT2D eigenvalue weighted by molar-refractivity contribution is -0.0494. The average Bonchev–Trinajstić information content (AvgIpc) is 3.11. The first-order valence-corrected chi connectivity index (χ1v) is 8.68. The second kappa shape index (κ2) is 8.76. The van der Waals surface area contributed by atoms with Crippen molar-refractivity contribution >= 4 is 6.03 Å². The molecule has 0 aliphatic carbocycles. The minimum Gasteiger partial charge on any atom is -0.434 e. The number of aromatic nitrogens is 2. The Hall–Kier alpha value is -2.75. The van der Waals surface area contributed by atoms with E-state index in [0.717, 1.165) is 0 Å². The predicted octanol–water partition coefficient (Wildman–Crippen LogP) is 2.19. The van der Waals surface area contributed by atoms with Crippen molar-refractivity contribution in [1.29, 1.82) is 0 Å². The number of halogens is 2. The number of ether oxygens (including phenoxy) is 1. The van der Waals surface area contributed by atoms with Crippen molar-refractivity contribution < 1.29 is 22.8 Å². The molecule has 0 unspecified atom stereocenters. The Morgan fingerprint density at radius 2 is 2.04 bits per heavy atom. The molecule has 1 aromatic carbocycles. The molecule has 8 nitrogen and oxygen atoms in total. The second-order valence-corrected chi connectivity index (χ2v) is 5.99. The summed E-state index contributed by atoms with van der Waals surface area (Å²) < 4.78 is 34.8. The Bertz CT molecular complexity index is 763. The molecule has 0 saturated carbocycles. The maximum Gasteiger partial charge on any atom is 0.387 e. The molecule has 10 heteroatoms. The van der Waals surface area contributed by atoms with Gasteiger partial charge in [-0.05, 0) is 19.1 Å². The molecule has 1 N–H and O–H groups in total. The molecule has 146 valence electrons. The van der Waals surface area contributed by atoms with E-state index in [1.165, 1.54) is 6.07 Å². The Kier molecular flexibility index (Phi) is 6.17. The van der Waals surface area contributed by atoms with Crippen LogP contribution in [0.15, 0.2) is 28.8 Å². The van der Waals surface area contributed by atoms with E-state index in [2.05, 4.69) is 25.1 Å². The van der Waals surface area contributed by atoms with Crippen LogP contribution in [0.25, 0.3) is 11.4 Å². The number of rotatable bonds is 6. The highest BCUT2D eigenvalue weighted by atomic mass is 19.3. The monoisotopic (exact) mass is 381 g/mol. The quantitative estimate of drug-likeness (QED) is 0.826. The summed E-state index contributed by atoms with van der Waals surface area (Å²) in [6, 6.07) is 6.24. The van der Waals surface area contributed by atoms with Crippen LogP contribution in [-0.4, -0.2) is 65.3 Å². The van der Waals surface area contributed by atoms with Crippen molar-refractivity contribution in [2.24, 2.45) is 0 Å². The van der Waals surface area contributed by atoms with Gasteiger partial charge in [-0.3, -0.25) is 4.90 Å². The Morgan fingerprint density at radius 3 is 2.74 bits per heavy atom. The lowest BCUT2D eigenvalue weighted by Crippen LogP contribution is -2.51. The third-order valence-electron chi connectivity index (χ3n) is 4.16. The number of urea groups is 1. The first-order chi connectivity index (χ1) is 13.1. The molecule has 1 aromatic heterocycles. The van der Waals surface area contributed by atoms with Crippen LogP contribution in [0.4, 0.5) is 13.6 Å². The molecule has 0 bridgehead atoms. The Morgan fingerprint density at radius 1 is 1.30 bits per heavy atom. The second-order valence-electron chi connectivity index (χ2n) is 5.99. The zero-order valence-electron chi connectivity index (χ0n) is 14.9. The molecular weight excluding hydrogens is 360 g/mol. The number of amides is 2. The summed E-state index contributed by atoms with van der Waals surface area (Å²) in [6.45, 7) is 2.55. The van der Waals surface area contributed by atoms with E-state index in [4.69, 9.17) is 4.52 Å². The summed E-state index contributed by atoms with van der Waals surface area (Å²) in [5.74, 6) is 0.570. The number of hydrogen-bond donors (Lipinski definition) is 1. The first kappa shape index (κ1) is 19.0. The number of piperazine rings is 1. The highest BCUT2D eigenvalue weighted by Gasteiger charge is 2.23. The molecule has 1 fully saturated rings. The summed E-state index contributed by atoms with van der Waals surface area (Å²) in [7, 11) is 0. The minimum atomic E-state index is -2.93. The van der Waals surface area contributed by atoms with E-state index in [1.54, 1.807) is 23.1 Å². The highest BCUT2D eigenvalue weighted by Crippen LogP contribution is 2.29. The highest BCUT2D eigenvalue weighted by molar-refractivity contribution is 5.74. The molecule has 1 saturated heterocycles. The zero-order chi connectivity index (χ0) is 19.2. The average molecular weight is 381 g/mol. The molecule has 0 atom stereocenters. The first-order valence-electron chi connectivity index (χ1n) is 8.68. The van der Waals surface area contributed by atoms with Crippen molar-refractivity contribution in [2.45, 2.75) is 20.1 Å². The van der Waals surface area contributed by atoms with E-state index < -0.39 is 6.61 Å². The van der Waals surface area contributed by atoms with Crippen molar-refractivity contribution in [3.8, 4) is 17.1 Å². The smallest absolute Gasteiger partial charge is 0.387 e. The van der Waals surface area contributed by atoms with Gasteiger partial charge in [-0.15, -0.1) is 0 Å². The number of para-hydroxylation sites is 1. The molecular formula is C17H21F2N5O3. The molecule has 2 aromatic rings. The maximum atomic E-state index is 12.5. The molecule has 27 heavy (non-hydrogen) atoms. The zero-order valence-corrected chi connectivity index (χ0v) is 14.9. The van der Waals surface area contributed by atoms with Crippen molar-refractivity contribution in [2.75, 3.05) is 32.7 Å². The number of carbonyl (C=O) groups is 1. The van der Waals surface area contributed by atoms with Gasteiger partial charge in [0.2, 0.25) is 11.7 Å². The van der Waals surface area contributed by atoms with E-state index >= 15 is 0 Å². The van der Waals surface area contributed by atoms with Crippen molar-refractivity contribution in [3.63, 3.8) is 0 Å². The van der Waals surface area contributed by atoms with Gasteiger partial charge in [0.1, 0.15) is 5.75 Å². The minimum absolute atomic E-state index is 0.00426. The van der Waals surface area contributed by atoms with Gasteiger partial charge >= 0.3 is 12.6 Å². The standard InChI is InChI=1S/C17H21F2N5O3/c1-2-20-17(25)24-9-7-23(8-10-24)11-14-21-15(22-27-14)12-5-3-4-6-13(12)26-16(18)19/h3-6,16H,2,7-11H2,1H3,(H,20,25). The molecule has 3 rings (SSSR count). The number of hydrogen-bond acceptors (Lipinski definition) is 6. The van der Waals surface area contributed by atoms with Gasteiger partial charge < -0.3 is 19.5 Å². The number of nitrogens with one attached hydrogen (secondary N) is 1. The Labute approximate surface area is 155 Å². The number of benzene rings is 1. The van der Waals surface area contributed by atoms with Gasteiger partial charge in [0.05, 0.1) is 12.1 Å². The summed E-state index contributed by atoms with van der Waals surface area (Å²) in [4.78, 5) is 20.0. The predicted molar refractivity (Wildman–Crippen MR) is 92.3 cm³/mol. The van der Waals surface area contributed by atoms with Crippen LogP contribution in [0, 0.1) is 0 Å². The number of carbonyl (C=O) groups excluding carboxylic acids is 1. The molecule has 2 amide bonds. The summed E-state index contributed by atoms with van der Waals surface area (Å²) >= 11 is 0. The van der Waals surface area contributed by atoms with Crippen molar-refractivity contribution in [3.05, 3.63) is 30.2 Å². The largest absolute Gasteiger partial charge is 0.434 e. The van der Waals surface area contributed by atoms with E-state index in [9.17, 15) is 13.6 Å². The molecule has 1 aliphatic heterocycles. The molecule has 1 aliphatic rings. The molecule has 0 radical (unpaired) electrons. The number of nitrogens with zero attached hydrogens (tertiary/aromatic N) is 4. The third kappa shape index (κ3) is 4.91. The maximum absolute atomic E-state index is 12.5. The van der Waals surface area contributed by atoms with Gasteiger partial charge in [0.25, 0.3) is 0 Å². The lowest BCUT2D eigenvalue weighted by Gasteiger charge is -2.33. The third-order valence-corrected chi connectivity index (χ3v) is 4.16. The fourth-order valence-corrected chi connectivity index (χ4v) is 2.84. The van der Waals surface area contributed by atoms with Crippen LogP contribution in [0.2, 0.25) is 0 Å². The van der Waals surface area contributed by atoms with Crippen LogP contribution in [0.1, 0.15) is 12.8 Å². The van der Waals surface area contributed by atoms with E-state index in [-0.39, 0.29) is 17.6 Å². The number of alkyl halides is 2. The van der Waals surface area contributed by atoms with Crippen LogP contribution >= 0.6 is 0 Å². The van der Waals surface area contributed by atoms with Crippen LogP contribution in [0.3, 0.4) is 0 Å². The summed E-state index contributed by atoms with van der Waals surface area (Å²) in [6.07, 6.45) is 0. The molecule has 0 spiro atoms. The van der Waals surface area contributed by atoms with Gasteiger partial charge in [-0.1, -0.05) is 17.3 Å². The van der Waals surface area contributed by atoms with E-state index in [1.807, 2.05) is 6.92 Å². The lowest BCUT2D eigenvalue weighted by atomic mass is 10.2. The summed E-state index contributed by atoms with van der Waals surface area (Å²) in [5, 5.41) is 6.66. The molecule has 2 heterocycles. The van der Waals surface area contributed by atoms with Crippen LogP contribution in [-0.2, 0) is 6.54 Å². The normalized spacial score (nSPS) is 15.2. The van der Waals surface area contributed by atoms with Gasteiger partial charge in [0, 0.05) is 32.7 Å². The van der Waals surface area contributed by atoms with Crippen molar-refractivity contribution in [1.82, 2.24) is 25.3 Å². The van der Waals surface area contributed by atoms with Gasteiger partial charge in [0.15, 0.2) is 0 Å². The summed E-state index contributed by atoms with van der Waals surface area (Å²) in [5.41, 5.74) is 0.342. The van der Waals surface area contributed by atoms with Crippen LogP contribution < -0.4 is 10.1 Å². The SMILES string of the molecule is CCNC(=O)N1CCN(Cc2nc(-c3ccccc3OC(F)F)no2)CC1.